The zero-order chi connectivity index (χ0) is 15.4. The molecule has 0 fully saturated rings. The lowest BCUT2D eigenvalue weighted by atomic mass is 10.1. The van der Waals surface area contributed by atoms with Crippen LogP contribution in [0, 0.1) is 5.82 Å². The predicted molar refractivity (Wildman–Crippen MR) is 89.7 cm³/mol. The molecule has 0 radical (unpaired) electrons. The van der Waals surface area contributed by atoms with Gasteiger partial charge >= 0.3 is 0 Å². The van der Waals surface area contributed by atoms with Gasteiger partial charge in [0.05, 0.1) is 0 Å². The molecule has 3 rings (SSSR count). The molecule has 0 saturated heterocycles. The highest BCUT2D eigenvalue weighted by molar-refractivity contribution is 5.84. The summed E-state index contributed by atoms with van der Waals surface area (Å²) in [5.74, 6) is -0.188. The maximum Gasteiger partial charge on any atom is 0.123 e. The van der Waals surface area contributed by atoms with E-state index >= 15 is 0 Å². The third kappa shape index (κ3) is 3.20. The Morgan fingerprint density at radius 1 is 1.05 bits per heavy atom. The van der Waals surface area contributed by atoms with Gasteiger partial charge in [0.1, 0.15) is 5.82 Å². The number of aromatic nitrogens is 1. The highest BCUT2D eigenvalue weighted by Crippen LogP contribution is 2.22. The van der Waals surface area contributed by atoms with E-state index < -0.39 is 0 Å². The number of hydrogen-bond donors (Lipinski definition) is 1. The minimum Gasteiger partial charge on any atom is -0.343 e. The Morgan fingerprint density at radius 2 is 1.82 bits per heavy atom. The highest BCUT2D eigenvalue weighted by atomic mass is 19.1. The molecule has 0 spiro atoms. The summed E-state index contributed by atoms with van der Waals surface area (Å²) in [5, 5.41) is 4.68. The minimum atomic E-state index is -0.188. The summed E-state index contributed by atoms with van der Waals surface area (Å²) in [7, 11) is 0. The number of para-hydroxylation sites is 1. The van der Waals surface area contributed by atoms with Crippen molar-refractivity contribution in [3.05, 3.63) is 71.7 Å². The molecule has 0 unspecified atom stereocenters. The molecule has 3 aromatic rings. The molecule has 22 heavy (non-hydrogen) atoms. The fourth-order valence-electron chi connectivity index (χ4n) is 2.84. The molecule has 2 nitrogen and oxygen atoms in total. The zero-order valence-corrected chi connectivity index (χ0v) is 12.8. The molecule has 0 saturated carbocycles. The van der Waals surface area contributed by atoms with Gasteiger partial charge in [0.2, 0.25) is 0 Å². The summed E-state index contributed by atoms with van der Waals surface area (Å²) >= 11 is 0. The van der Waals surface area contributed by atoms with Gasteiger partial charge in [0.25, 0.3) is 0 Å². The smallest absolute Gasteiger partial charge is 0.123 e. The zero-order valence-electron chi connectivity index (χ0n) is 12.8. The normalized spacial score (nSPS) is 11.2. The van der Waals surface area contributed by atoms with Crippen LogP contribution in [0.25, 0.3) is 10.9 Å². The lowest BCUT2D eigenvalue weighted by Gasteiger charge is -2.05. The Labute approximate surface area is 130 Å². The molecular formula is C19H21FN2. The first-order valence-electron chi connectivity index (χ1n) is 7.80. The number of likely N-dealkylation sites (N-methyl/N-ethyl adjacent to an activating group) is 1. The molecule has 0 bridgehead atoms. The average Bonchev–Trinajstić information content (AvgIpc) is 2.88. The van der Waals surface area contributed by atoms with Crippen molar-refractivity contribution in [2.45, 2.75) is 19.9 Å². The second-order valence-electron chi connectivity index (χ2n) is 5.53. The number of halogens is 1. The first kappa shape index (κ1) is 14.8. The Morgan fingerprint density at radius 3 is 2.59 bits per heavy atom. The lowest BCUT2D eigenvalue weighted by molar-refractivity contribution is 0.626. The average molecular weight is 296 g/mol. The van der Waals surface area contributed by atoms with Crippen LogP contribution in [-0.2, 0) is 13.0 Å². The molecular weight excluding hydrogens is 275 g/mol. The van der Waals surface area contributed by atoms with E-state index in [-0.39, 0.29) is 5.82 Å². The molecule has 2 aromatic carbocycles. The second kappa shape index (κ2) is 6.75. The largest absolute Gasteiger partial charge is 0.343 e. The van der Waals surface area contributed by atoms with Gasteiger partial charge in [-0.1, -0.05) is 37.3 Å². The quantitative estimate of drug-likeness (QED) is 0.681. The summed E-state index contributed by atoms with van der Waals surface area (Å²) in [6, 6.07) is 15.2. The van der Waals surface area contributed by atoms with Crippen molar-refractivity contribution >= 4 is 10.9 Å². The van der Waals surface area contributed by atoms with E-state index in [1.54, 1.807) is 0 Å². The molecule has 0 aliphatic rings. The van der Waals surface area contributed by atoms with Gasteiger partial charge in [-0.2, -0.15) is 0 Å². The van der Waals surface area contributed by atoms with Gasteiger partial charge in [-0.15, -0.1) is 0 Å². The van der Waals surface area contributed by atoms with Crippen molar-refractivity contribution in [2.24, 2.45) is 0 Å². The van der Waals surface area contributed by atoms with Gasteiger partial charge in [-0.3, -0.25) is 0 Å². The van der Waals surface area contributed by atoms with Gasteiger partial charge in [0, 0.05) is 23.6 Å². The molecule has 3 heteroatoms. The van der Waals surface area contributed by atoms with E-state index in [1.165, 1.54) is 28.6 Å². The van der Waals surface area contributed by atoms with Gasteiger partial charge in [-0.05, 0) is 48.8 Å². The van der Waals surface area contributed by atoms with Crippen LogP contribution < -0.4 is 5.32 Å². The number of benzene rings is 2. The van der Waals surface area contributed by atoms with Crippen LogP contribution in [0.15, 0.2) is 54.7 Å². The van der Waals surface area contributed by atoms with Crippen LogP contribution in [-0.4, -0.2) is 17.7 Å². The van der Waals surface area contributed by atoms with Gasteiger partial charge in [-0.25, -0.2) is 4.39 Å². The summed E-state index contributed by atoms with van der Waals surface area (Å²) in [4.78, 5) is 0. The van der Waals surface area contributed by atoms with E-state index in [0.29, 0.717) is 0 Å². The monoisotopic (exact) mass is 296 g/mol. The van der Waals surface area contributed by atoms with Crippen molar-refractivity contribution in [1.29, 1.82) is 0 Å². The number of fused-ring (bicyclic) bond motifs is 1. The van der Waals surface area contributed by atoms with Crippen LogP contribution in [0.4, 0.5) is 4.39 Å². The number of nitrogens with one attached hydrogen (secondary N) is 1. The van der Waals surface area contributed by atoms with Crippen LogP contribution in [0.2, 0.25) is 0 Å². The standard InChI is InChI=1S/C19H21FN2/c1-2-21-12-11-16-14-22(19-6-4-3-5-18(16)19)13-15-7-9-17(20)10-8-15/h3-10,14,21H,2,11-13H2,1H3. The molecule has 114 valence electrons. The maximum atomic E-state index is 13.0. The van der Waals surface area contributed by atoms with Crippen LogP contribution in [0.1, 0.15) is 18.1 Å². The number of hydrogen-bond acceptors (Lipinski definition) is 1. The Kier molecular flexibility index (Phi) is 4.54. The fourth-order valence-corrected chi connectivity index (χ4v) is 2.84. The van der Waals surface area contributed by atoms with E-state index in [9.17, 15) is 4.39 Å². The summed E-state index contributed by atoms with van der Waals surface area (Å²) < 4.78 is 15.3. The molecule has 0 atom stereocenters. The molecule has 1 aromatic heterocycles. The van der Waals surface area contributed by atoms with E-state index in [0.717, 1.165) is 31.6 Å². The Bertz CT molecular complexity index is 744. The van der Waals surface area contributed by atoms with Gasteiger partial charge < -0.3 is 9.88 Å². The number of rotatable bonds is 6. The van der Waals surface area contributed by atoms with Crippen molar-refractivity contribution < 1.29 is 4.39 Å². The van der Waals surface area contributed by atoms with Crippen molar-refractivity contribution in [3.8, 4) is 0 Å². The van der Waals surface area contributed by atoms with Crippen LogP contribution in [0.5, 0.6) is 0 Å². The molecule has 1 N–H and O–H groups in total. The molecule has 1 heterocycles. The molecule has 0 aliphatic carbocycles. The first-order valence-corrected chi connectivity index (χ1v) is 7.80. The topological polar surface area (TPSA) is 17.0 Å². The molecule has 0 amide bonds. The van der Waals surface area contributed by atoms with Crippen LogP contribution >= 0.6 is 0 Å². The summed E-state index contributed by atoms with van der Waals surface area (Å²) in [6.07, 6.45) is 3.25. The maximum absolute atomic E-state index is 13.0. The van der Waals surface area contributed by atoms with E-state index in [4.69, 9.17) is 0 Å². The first-order chi connectivity index (χ1) is 10.8. The predicted octanol–water partition coefficient (Wildman–Crippen LogP) is 3.98. The van der Waals surface area contributed by atoms with Crippen LogP contribution in [0.3, 0.4) is 0 Å². The second-order valence-corrected chi connectivity index (χ2v) is 5.53. The van der Waals surface area contributed by atoms with Crippen molar-refractivity contribution in [3.63, 3.8) is 0 Å². The van der Waals surface area contributed by atoms with E-state index in [1.807, 2.05) is 12.1 Å². The highest BCUT2D eigenvalue weighted by Gasteiger charge is 2.08. The fraction of sp³-hybridized carbons (Fsp3) is 0.263. The summed E-state index contributed by atoms with van der Waals surface area (Å²) in [6.45, 7) is 4.87. The Balaban J connectivity index is 1.90. The summed E-state index contributed by atoms with van der Waals surface area (Å²) in [5.41, 5.74) is 3.71. The van der Waals surface area contributed by atoms with Crippen molar-refractivity contribution in [2.75, 3.05) is 13.1 Å². The SMILES string of the molecule is CCNCCc1cn(Cc2ccc(F)cc2)c2ccccc12. The lowest BCUT2D eigenvalue weighted by Crippen LogP contribution is -2.15. The molecule has 0 aliphatic heterocycles. The number of nitrogens with zero attached hydrogens (tertiary/aromatic N) is 1. The Hall–Kier alpha value is -2.13. The van der Waals surface area contributed by atoms with Gasteiger partial charge in [0.15, 0.2) is 0 Å². The van der Waals surface area contributed by atoms with E-state index in [2.05, 4.69) is 47.3 Å². The third-order valence-corrected chi connectivity index (χ3v) is 3.96. The van der Waals surface area contributed by atoms with Crippen molar-refractivity contribution in [1.82, 2.24) is 9.88 Å². The third-order valence-electron chi connectivity index (χ3n) is 3.96. The minimum absolute atomic E-state index is 0.188.